The van der Waals surface area contributed by atoms with Gasteiger partial charge in [-0.3, -0.25) is 4.79 Å². The Morgan fingerprint density at radius 2 is 2.04 bits per heavy atom. The van der Waals surface area contributed by atoms with Crippen LogP contribution in [0.2, 0.25) is 0 Å². The van der Waals surface area contributed by atoms with Crippen LogP contribution < -0.4 is 5.32 Å². The molecule has 0 spiro atoms. The minimum Gasteiger partial charge on any atom is -0.480 e. The Kier molecular flexibility index (Phi) is 5.85. The molecule has 0 bridgehead atoms. The molecular formula is C16H20N4O3. The number of carboxylic acids is 1. The molecule has 1 aromatic carbocycles. The first-order chi connectivity index (χ1) is 11.1. The number of carboxylic acid groups (broad SMARTS) is 1. The van der Waals surface area contributed by atoms with Crippen LogP contribution in [0.1, 0.15) is 26.2 Å². The number of unbranched alkanes of at least 4 members (excludes halogenated alkanes) is 1. The second-order valence-electron chi connectivity index (χ2n) is 5.27. The van der Waals surface area contributed by atoms with E-state index in [0.717, 1.165) is 18.4 Å². The van der Waals surface area contributed by atoms with E-state index < -0.39 is 17.9 Å². The molecule has 0 radical (unpaired) electrons. The fraction of sp³-hybridized carbons (Fsp3) is 0.375. The number of amides is 1. The van der Waals surface area contributed by atoms with Gasteiger partial charge in [-0.25, -0.2) is 9.48 Å². The molecule has 2 aromatic rings. The van der Waals surface area contributed by atoms with Crippen molar-refractivity contribution in [2.45, 2.75) is 38.8 Å². The molecule has 2 N–H and O–H groups in total. The van der Waals surface area contributed by atoms with Gasteiger partial charge in [-0.05, 0) is 6.42 Å². The van der Waals surface area contributed by atoms with Crippen molar-refractivity contribution in [3.8, 4) is 11.3 Å². The molecule has 1 aromatic heterocycles. The Hall–Kier alpha value is -2.70. The molecule has 0 saturated carbocycles. The number of aliphatic carboxylic acids is 1. The number of nitrogens with zero attached hydrogens (tertiary/aromatic N) is 3. The molecule has 0 fully saturated rings. The van der Waals surface area contributed by atoms with Gasteiger partial charge in [-0.2, -0.15) is 0 Å². The lowest BCUT2D eigenvalue weighted by atomic mass is 10.1. The van der Waals surface area contributed by atoms with Crippen LogP contribution in [-0.4, -0.2) is 38.0 Å². The zero-order valence-corrected chi connectivity index (χ0v) is 13.0. The quantitative estimate of drug-likeness (QED) is 0.772. The summed E-state index contributed by atoms with van der Waals surface area (Å²) in [6.45, 7) is 1.91. The van der Waals surface area contributed by atoms with Crippen molar-refractivity contribution < 1.29 is 14.7 Å². The molecule has 0 saturated heterocycles. The molecule has 23 heavy (non-hydrogen) atoms. The Bertz CT molecular complexity index is 654. The van der Waals surface area contributed by atoms with Crippen LogP contribution in [0, 0.1) is 0 Å². The van der Waals surface area contributed by atoms with Gasteiger partial charge in [0, 0.05) is 5.56 Å². The molecule has 1 unspecified atom stereocenters. The molecule has 122 valence electrons. The number of benzene rings is 1. The van der Waals surface area contributed by atoms with Crippen LogP contribution >= 0.6 is 0 Å². The minimum atomic E-state index is -1.02. The molecule has 0 aliphatic carbocycles. The zero-order chi connectivity index (χ0) is 16.7. The Morgan fingerprint density at radius 3 is 2.70 bits per heavy atom. The normalized spacial score (nSPS) is 11.9. The van der Waals surface area contributed by atoms with Gasteiger partial charge < -0.3 is 10.4 Å². The molecule has 7 heteroatoms. The van der Waals surface area contributed by atoms with E-state index in [0.29, 0.717) is 12.1 Å². The fourth-order valence-electron chi connectivity index (χ4n) is 2.17. The third-order valence-corrected chi connectivity index (χ3v) is 3.39. The SMILES string of the molecule is CCCCC(NC(=O)Cn1cc(-c2ccccc2)nn1)C(=O)O. The van der Waals surface area contributed by atoms with E-state index >= 15 is 0 Å². The number of rotatable bonds is 8. The molecule has 1 atom stereocenters. The van der Waals surface area contributed by atoms with Crippen molar-refractivity contribution in [2.75, 3.05) is 0 Å². The van der Waals surface area contributed by atoms with Gasteiger partial charge >= 0.3 is 5.97 Å². The van der Waals surface area contributed by atoms with Crippen molar-refractivity contribution in [1.29, 1.82) is 0 Å². The van der Waals surface area contributed by atoms with Crippen molar-refractivity contribution in [3.05, 3.63) is 36.5 Å². The summed E-state index contributed by atoms with van der Waals surface area (Å²) in [6.07, 6.45) is 3.71. The maximum atomic E-state index is 12.0. The molecule has 0 aliphatic rings. The summed E-state index contributed by atoms with van der Waals surface area (Å²) in [4.78, 5) is 23.1. The van der Waals surface area contributed by atoms with Gasteiger partial charge in [-0.15, -0.1) is 5.10 Å². The average Bonchev–Trinajstić information content (AvgIpc) is 3.00. The number of nitrogens with one attached hydrogen (secondary N) is 1. The number of carbonyl (C=O) groups is 2. The second kappa shape index (κ2) is 8.07. The number of aromatic nitrogens is 3. The van der Waals surface area contributed by atoms with E-state index in [1.165, 1.54) is 4.68 Å². The van der Waals surface area contributed by atoms with Gasteiger partial charge in [0.25, 0.3) is 0 Å². The highest BCUT2D eigenvalue weighted by Gasteiger charge is 2.19. The number of carbonyl (C=O) groups excluding carboxylic acids is 1. The Labute approximate surface area is 134 Å². The summed E-state index contributed by atoms with van der Waals surface area (Å²) >= 11 is 0. The maximum Gasteiger partial charge on any atom is 0.326 e. The highest BCUT2D eigenvalue weighted by Crippen LogP contribution is 2.14. The largest absolute Gasteiger partial charge is 0.480 e. The first-order valence-electron chi connectivity index (χ1n) is 7.58. The van der Waals surface area contributed by atoms with Crippen molar-refractivity contribution in [2.24, 2.45) is 0 Å². The van der Waals surface area contributed by atoms with Gasteiger partial charge in [0.15, 0.2) is 0 Å². The maximum absolute atomic E-state index is 12.0. The van der Waals surface area contributed by atoms with Crippen LogP contribution in [0.5, 0.6) is 0 Å². The minimum absolute atomic E-state index is 0.0598. The van der Waals surface area contributed by atoms with E-state index in [2.05, 4.69) is 15.6 Å². The third-order valence-electron chi connectivity index (χ3n) is 3.39. The predicted molar refractivity (Wildman–Crippen MR) is 84.5 cm³/mol. The molecule has 2 rings (SSSR count). The van der Waals surface area contributed by atoms with E-state index in [-0.39, 0.29) is 6.54 Å². The summed E-state index contributed by atoms with van der Waals surface area (Å²) < 4.78 is 1.40. The zero-order valence-electron chi connectivity index (χ0n) is 13.0. The van der Waals surface area contributed by atoms with Crippen molar-refractivity contribution in [3.63, 3.8) is 0 Å². The number of hydrogen-bond acceptors (Lipinski definition) is 4. The van der Waals surface area contributed by atoms with Crippen LogP contribution in [0.4, 0.5) is 0 Å². The summed E-state index contributed by atoms with van der Waals surface area (Å²) in [6, 6.07) is 8.64. The first kappa shape index (κ1) is 16.7. The van der Waals surface area contributed by atoms with Gasteiger partial charge in [0.05, 0.1) is 6.20 Å². The van der Waals surface area contributed by atoms with Crippen LogP contribution in [0.15, 0.2) is 36.5 Å². The highest BCUT2D eigenvalue weighted by molar-refractivity contribution is 5.83. The van der Waals surface area contributed by atoms with Crippen LogP contribution in [0.3, 0.4) is 0 Å². The lowest BCUT2D eigenvalue weighted by molar-refractivity contribution is -0.142. The Balaban J connectivity index is 1.95. The topological polar surface area (TPSA) is 97.1 Å². The molecule has 0 aliphatic heterocycles. The van der Waals surface area contributed by atoms with Gasteiger partial charge in [-0.1, -0.05) is 55.3 Å². The van der Waals surface area contributed by atoms with Crippen LogP contribution in [-0.2, 0) is 16.1 Å². The summed E-state index contributed by atoms with van der Waals surface area (Å²) in [5.74, 6) is -1.41. The molecule has 1 heterocycles. The standard InChI is InChI=1S/C16H20N4O3/c1-2-3-9-13(16(22)23)17-15(21)11-20-10-14(18-19-20)12-7-5-4-6-8-12/h4-8,10,13H,2-3,9,11H2,1H3,(H,17,21)(H,22,23). The van der Waals surface area contributed by atoms with E-state index in [4.69, 9.17) is 5.11 Å². The summed E-state index contributed by atoms with van der Waals surface area (Å²) in [5, 5.41) is 19.6. The molecular weight excluding hydrogens is 296 g/mol. The molecule has 7 nitrogen and oxygen atoms in total. The predicted octanol–water partition coefficient (Wildman–Crippen LogP) is 1.70. The summed E-state index contributed by atoms with van der Waals surface area (Å²) in [7, 11) is 0. The van der Waals surface area contributed by atoms with Crippen LogP contribution in [0.25, 0.3) is 11.3 Å². The smallest absolute Gasteiger partial charge is 0.326 e. The average molecular weight is 316 g/mol. The van der Waals surface area contributed by atoms with Crippen molar-refractivity contribution >= 4 is 11.9 Å². The van der Waals surface area contributed by atoms with E-state index in [1.54, 1.807) is 6.20 Å². The molecule has 1 amide bonds. The van der Waals surface area contributed by atoms with E-state index in [9.17, 15) is 9.59 Å². The Morgan fingerprint density at radius 1 is 1.30 bits per heavy atom. The van der Waals surface area contributed by atoms with E-state index in [1.807, 2.05) is 37.3 Å². The monoisotopic (exact) mass is 316 g/mol. The second-order valence-corrected chi connectivity index (χ2v) is 5.27. The van der Waals surface area contributed by atoms with Crippen molar-refractivity contribution in [1.82, 2.24) is 20.3 Å². The lowest BCUT2D eigenvalue weighted by Crippen LogP contribution is -2.42. The van der Waals surface area contributed by atoms with Gasteiger partial charge in [0.1, 0.15) is 18.3 Å². The summed E-state index contributed by atoms with van der Waals surface area (Å²) in [5.41, 5.74) is 1.57. The van der Waals surface area contributed by atoms with Gasteiger partial charge in [0.2, 0.25) is 5.91 Å². The fourth-order valence-corrected chi connectivity index (χ4v) is 2.17. The third kappa shape index (κ3) is 4.91. The number of hydrogen-bond donors (Lipinski definition) is 2. The highest BCUT2D eigenvalue weighted by atomic mass is 16.4. The first-order valence-corrected chi connectivity index (χ1v) is 7.58. The lowest BCUT2D eigenvalue weighted by Gasteiger charge is -2.13.